The molecule has 0 aliphatic rings. The molecule has 0 atom stereocenters. The third kappa shape index (κ3) is 4.35. The van der Waals surface area contributed by atoms with E-state index in [1.807, 2.05) is 17.4 Å². The molecule has 0 N–H and O–H groups in total. The summed E-state index contributed by atoms with van der Waals surface area (Å²) in [7, 11) is 0. The monoisotopic (exact) mass is 664 g/mol. The molecule has 236 valence electrons. The zero-order chi connectivity index (χ0) is 33.5. The molecule has 0 aliphatic carbocycles. The molecule has 0 saturated carbocycles. The van der Waals surface area contributed by atoms with E-state index in [1.165, 1.54) is 63.6 Å². The van der Waals surface area contributed by atoms with Gasteiger partial charge in [-0.05, 0) is 62.3 Å². The Balaban J connectivity index is 1.12. The molecular formula is C48H28N2S. The number of nitrogens with zero attached hydrogens (tertiary/aromatic N) is 2. The zero-order valence-electron chi connectivity index (χ0n) is 27.5. The van der Waals surface area contributed by atoms with Gasteiger partial charge in [0.25, 0.3) is 0 Å². The van der Waals surface area contributed by atoms with Crippen LogP contribution in [0.15, 0.2) is 170 Å². The molecule has 0 unspecified atom stereocenters. The van der Waals surface area contributed by atoms with Crippen LogP contribution in [0.5, 0.6) is 0 Å². The molecule has 2 nitrogen and oxygen atoms in total. The van der Waals surface area contributed by atoms with Crippen molar-refractivity contribution in [3.8, 4) is 33.6 Å². The number of benzene rings is 8. The second kappa shape index (κ2) is 11.0. The number of thiophene rings is 1. The van der Waals surface area contributed by atoms with Gasteiger partial charge in [0.15, 0.2) is 0 Å². The summed E-state index contributed by atoms with van der Waals surface area (Å²) >= 11 is 1.90. The largest absolute Gasteiger partial charge is 0.245 e. The van der Waals surface area contributed by atoms with Crippen molar-refractivity contribution in [2.24, 2.45) is 0 Å². The minimum Gasteiger partial charge on any atom is -0.245 e. The minimum absolute atomic E-state index is 0.920. The van der Waals surface area contributed by atoms with Gasteiger partial charge in [-0.3, -0.25) is 0 Å². The average molecular weight is 665 g/mol. The molecule has 3 heterocycles. The van der Waals surface area contributed by atoms with Crippen LogP contribution in [-0.4, -0.2) is 9.97 Å². The van der Waals surface area contributed by atoms with Gasteiger partial charge in [0.2, 0.25) is 0 Å². The van der Waals surface area contributed by atoms with E-state index in [9.17, 15) is 0 Å². The number of hydrogen-bond acceptors (Lipinski definition) is 3. The van der Waals surface area contributed by atoms with E-state index in [1.54, 1.807) is 0 Å². The summed E-state index contributed by atoms with van der Waals surface area (Å²) in [6, 6.07) is 61.3. The highest BCUT2D eigenvalue weighted by atomic mass is 32.1. The topological polar surface area (TPSA) is 25.8 Å². The molecule has 8 aromatic carbocycles. The fourth-order valence-corrected chi connectivity index (χ4v) is 9.31. The minimum atomic E-state index is 0.920. The van der Waals surface area contributed by atoms with Gasteiger partial charge in [0, 0.05) is 47.5 Å². The summed E-state index contributed by atoms with van der Waals surface area (Å²) in [5, 5.41) is 12.4. The van der Waals surface area contributed by atoms with Crippen LogP contribution in [0.3, 0.4) is 0 Å². The third-order valence-corrected chi connectivity index (χ3v) is 11.6. The van der Waals surface area contributed by atoms with Crippen molar-refractivity contribution in [3.63, 3.8) is 0 Å². The molecule has 0 radical (unpaired) electrons. The first-order chi connectivity index (χ1) is 25.3. The van der Waals surface area contributed by atoms with Gasteiger partial charge in [-0.25, -0.2) is 9.97 Å². The maximum absolute atomic E-state index is 5.34. The standard InChI is InChI=1S/C48H28N2S/c1-2-10-29(11-3-1)42-26-21-30-18-19-31-22-27-43(50-47(31)46(30)49-42)37-25-24-36(33-12-4-5-13-34(33)37)41-28-32-20-23-40-38-15-8-9-17-44(38)51-48(40)45(32)39-16-7-6-14-35(39)41/h1-28H. The molecule has 0 bridgehead atoms. The van der Waals surface area contributed by atoms with Crippen LogP contribution in [0.4, 0.5) is 0 Å². The number of rotatable bonds is 3. The summed E-state index contributed by atoms with van der Waals surface area (Å²) in [4.78, 5) is 10.5. The molecule has 0 aliphatic heterocycles. The number of hydrogen-bond donors (Lipinski definition) is 0. The van der Waals surface area contributed by atoms with Crippen molar-refractivity contribution in [1.82, 2.24) is 9.97 Å². The van der Waals surface area contributed by atoms with Crippen molar-refractivity contribution < 1.29 is 0 Å². The number of pyridine rings is 2. The normalized spacial score (nSPS) is 11.9. The quantitative estimate of drug-likeness (QED) is 0.176. The van der Waals surface area contributed by atoms with Gasteiger partial charge in [0.1, 0.15) is 0 Å². The molecule has 3 aromatic heterocycles. The van der Waals surface area contributed by atoms with E-state index in [0.717, 1.165) is 44.3 Å². The molecule has 3 heteroatoms. The van der Waals surface area contributed by atoms with Crippen LogP contribution < -0.4 is 0 Å². The van der Waals surface area contributed by atoms with Crippen LogP contribution in [0.25, 0.3) is 108 Å². The van der Waals surface area contributed by atoms with Gasteiger partial charge in [-0.2, -0.15) is 0 Å². The van der Waals surface area contributed by atoms with Crippen LogP contribution >= 0.6 is 11.3 Å². The lowest BCUT2D eigenvalue weighted by Gasteiger charge is -2.16. The predicted octanol–water partition coefficient (Wildman–Crippen LogP) is 13.6. The Labute approximate surface area is 297 Å². The lowest BCUT2D eigenvalue weighted by Crippen LogP contribution is -1.92. The highest BCUT2D eigenvalue weighted by molar-refractivity contribution is 7.26. The van der Waals surface area contributed by atoms with Gasteiger partial charge in [-0.1, -0.05) is 146 Å². The van der Waals surface area contributed by atoms with E-state index in [4.69, 9.17) is 9.97 Å². The Morgan fingerprint density at radius 3 is 1.67 bits per heavy atom. The molecular weight excluding hydrogens is 637 g/mol. The SMILES string of the molecule is c1ccc(-c2ccc3ccc4ccc(-c5ccc(-c6cc7ccc8c9ccccc9sc8c7c7ccccc67)c6ccccc56)nc4c3n2)cc1. The molecule has 51 heavy (non-hydrogen) atoms. The highest BCUT2D eigenvalue weighted by Gasteiger charge is 2.17. The van der Waals surface area contributed by atoms with E-state index < -0.39 is 0 Å². The van der Waals surface area contributed by atoms with E-state index >= 15 is 0 Å². The Hall–Kier alpha value is -6.42. The summed E-state index contributed by atoms with van der Waals surface area (Å²) in [6.07, 6.45) is 0. The molecule has 0 fully saturated rings. The number of aromatic nitrogens is 2. The summed E-state index contributed by atoms with van der Waals surface area (Å²) < 4.78 is 2.69. The summed E-state index contributed by atoms with van der Waals surface area (Å²) in [5.41, 5.74) is 8.43. The first-order valence-corrected chi connectivity index (χ1v) is 18.1. The lowest BCUT2D eigenvalue weighted by molar-refractivity contribution is 1.37. The molecule has 0 saturated heterocycles. The van der Waals surface area contributed by atoms with Crippen LogP contribution in [0.1, 0.15) is 0 Å². The van der Waals surface area contributed by atoms with Crippen molar-refractivity contribution in [1.29, 1.82) is 0 Å². The molecule has 11 rings (SSSR count). The first kappa shape index (κ1) is 28.4. The van der Waals surface area contributed by atoms with Crippen LogP contribution in [0, 0.1) is 0 Å². The summed E-state index contributed by atoms with van der Waals surface area (Å²) in [6.45, 7) is 0. The van der Waals surface area contributed by atoms with Gasteiger partial charge >= 0.3 is 0 Å². The maximum Gasteiger partial charge on any atom is 0.0972 e. The maximum atomic E-state index is 5.34. The zero-order valence-corrected chi connectivity index (χ0v) is 28.3. The predicted molar refractivity (Wildman–Crippen MR) is 219 cm³/mol. The summed E-state index contributed by atoms with van der Waals surface area (Å²) in [5.74, 6) is 0. The highest BCUT2D eigenvalue weighted by Crippen LogP contribution is 2.45. The number of fused-ring (bicyclic) bond motifs is 11. The van der Waals surface area contributed by atoms with Gasteiger partial charge < -0.3 is 0 Å². The Morgan fingerprint density at radius 1 is 0.353 bits per heavy atom. The van der Waals surface area contributed by atoms with Gasteiger partial charge in [-0.15, -0.1) is 11.3 Å². The molecule has 11 aromatic rings. The van der Waals surface area contributed by atoms with Crippen molar-refractivity contribution in [3.05, 3.63) is 170 Å². The van der Waals surface area contributed by atoms with Gasteiger partial charge in [0.05, 0.1) is 22.4 Å². The van der Waals surface area contributed by atoms with E-state index in [-0.39, 0.29) is 0 Å². The fraction of sp³-hybridized carbons (Fsp3) is 0. The molecule has 0 spiro atoms. The second-order valence-corrected chi connectivity index (χ2v) is 14.3. The Bertz CT molecular complexity index is 3190. The lowest BCUT2D eigenvalue weighted by atomic mass is 9.88. The fourth-order valence-electron chi connectivity index (χ4n) is 8.04. The molecule has 0 amide bonds. The first-order valence-electron chi connectivity index (χ1n) is 17.3. The average Bonchev–Trinajstić information content (AvgIpc) is 3.59. The van der Waals surface area contributed by atoms with E-state index in [2.05, 4.69) is 164 Å². The van der Waals surface area contributed by atoms with Crippen molar-refractivity contribution >= 4 is 85.6 Å². The van der Waals surface area contributed by atoms with Crippen LogP contribution in [-0.2, 0) is 0 Å². The van der Waals surface area contributed by atoms with E-state index in [0.29, 0.717) is 0 Å². The van der Waals surface area contributed by atoms with Crippen molar-refractivity contribution in [2.75, 3.05) is 0 Å². The Morgan fingerprint density at radius 2 is 0.902 bits per heavy atom. The van der Waals surface area contributed by atoms with Crippen molar-refractivity contribution in [2.45, 2.75) is 0 Å². The smallest absolute Gasteiger partial charge is 0.0972 e. The Kier molecular flexibility index (Phi) is 6.16. The third-order valence-electron chi connectivity index (χ3n) is 10.4. The van der Waals surface area contributed by atoms with Crippen LogP contribution in [0.2, 0.25) is 0 Å². The second-order valence-electron chi connectivity index (χ2n) is 13.3.